The molecule has 2 aromatic carbocycles. The Labute approximate surface area is 292 Å². The number of benzene rings is 2. The van der Waals surface area contributed by atoms with E-state index in [0.717, 1.165) is 30.2 Å². The Kier molecular flexibility index (Phi) is 13.5. The molecule has 1 aliphatic rings. The fourth-order valence-electron chi connectivity index (χ4n) is 4.50. The molecule has 0 aliphatic carbocycles. The number of fused-ring (bicyclic) bond motifs is 1. The molecule has 0 unspecified atom stereocenters. The molecule has 1 saturated heterocycles. The van der Waals surface area contributed by atoms with Gasteiger partial charge in [0, 0.05) is 72.4 Å². The molecule has 0 radical (unpaired) electrons. The number of rotatable bonds is 4. The van der Waals surface area contributed by atoms with E-state index in [1.54, 1.807) is 6.20 Å². The number of alkyl halides is 3. The highest BCUT2D eigenvalue weighted by molar-refractivity contribution is 7.85. The van der Waals surface area contributed by atoms with Gasteiger partial charge in [-0.15, -0.1) is 0 Å². The van der Waals surface area contributed by atoms with Gasteiger partial charge in [0.2, 0.25) is 0 Å². The van der Waals surface area contributed by atoms with Crippen molar-refractivity contribution < 1.29 is 43.9 Å². The smallest absolute Gasteiger partial charge is 0.322 e. The van der Waals surface area contributed by atoms with Gasteiger partial charge in [-0.05, 0) is 55.9 Å². The first-order valence-corrected chi connectivity index (χ1v) is 18.5. The molecule has 50 heavy (non-hydrogen) atoms. The van der Waals surface area contributed by atoms with Crippen molar-refractivity contribution in [3.05, 3.63) is 87.2 Å². The van der Waals surface area contributed by atoms with Crippen LogP contribution in [0.15, 0.2) is 48.7 Å². The van der Waals surface area contributed by atoms with Crippen molar-refractivity contribution in [1.29, 1.82) is 0 Å². The first-order valence-electron chi connectivity index (χ1n) is 14.5. The van der Waals surface area contributed by atoms with Crippen molar-refractivity contribution >= 4 is 54.5 Å². The largest absolute Gasteiger partial charge is 0.416 e. The van der Waals surface area contributed by atoms with E-state index in [1.807, 2.05) is 24.9 Å². The second-order valence-electron chi connectivity index (χ2n) is 11.3. The van der Waals surface area contributed by atoms with Crippen molar-refractivity contribution in [2.24, 2.45) is 0 Å². The van der Waals surface area contributed by atoms with Gasteiger partial charge >= 0.3 is 6.18 Å². The Morgan fingerprint density at radius 2 is 1.62 bits per heavy atom. The molecule has 1 amide bonds. The van der Waals surface area contributed by atoms with Gasteiger partial charge in [0.05, 0.1) is 23.1 Å². The van der Waals surface area contributed by atoms with E-state index in [9.17, 15) is 34.8 Å². The highest BCUT2D eigenvalue weighted by Gasteiger charge is 2.34. The number of H-pyrrole nitrogens is 1. The molecule has 270 valence electrons. The van der Waals surface area contributed by atoms with Crippen LogP contribution in [0.2, 0.25) is 5.02 Å². The number of carbonyl (C=O) groups is 1. The lowest BCUT2D eigenvalue weighted by atomic mass is 10.0. The lowest BCUT2D eigenvalue weighted by molar-refractivity contribution is -0.138. The van der Waals surface area contributed by atoms with Crippen LogP contribution in [0.4, 0.5) is 18.9 Å². The molecule has 4 aromatic rings. The number of carbonyl (C=O) groups excluding carboxylic acids is 1. The Morgan fingerprint density at radius 3 is 2.22 bits per heavy atom. The molecule has 1 fully saturated rings. The number of anilines is 1. The lowest BCUT2D eigenvalue weighted by Crippen LogP contribution is -2.44. The zero-order valence-corrected chi connectivity index (χ0v) is 29.6. The van der Waals surface area contributed by atoms with Crippen LogP contribution in [0.1, 0.15) is 38.3 Å². The number of halogens is 4. The number of likely N-dealkylation sites (N-methyl/N-ethyl adjacent to an activating group) is 1. The van der Waals surface area contributed by atoms with Crippen LogP contribution in [-0.4, -0.2) is 103 Å². The van der Waals surface area contributed by atoms with Gasteiger partial charge < -0.3 is 10.2 Å². The van der Waals surface area contributed by atoms with E-state index in [1.165, 1.54) is 30.3 Å². The first-order chi connectivity index (χ1) is 23.1. The van der Waals surface area contributed by atoms with Crippen LogP contribution < -0.4 is 5.32 Å². The predicted molar refractivity (Wildman–Crippen MR) is 183 cm³/mol. The zero-order chi connectivity index (χ0) is 37.4. The van der Waals surface area contributed by atoms with E-state index in [0.29, 0.717) is 47.4 Å². The second kappa shape index (κ2) is 16.7. The fourth-order valence-corrected chi connectivity index (χ4v) is 4.66. The maximum Gasteiger partial charge on any atom is 0.416 e. The number of nitrogens with one attached hydrogen (secondary N) is 2. The number of nitrogens with zero attached hydrogens (tertiary/aromatic N) is 4. The Hall–Kier alpha value is -4.09. The number of hydrogen-bond donors (Lipinski definition) is 4. The maximum absolute atomic E-state index is 13.9. The maximum atomic E-state index is 13.9. The van der Waals surface area contributed by atoms with Gasteiger partial charge in [-0.1, -0.05) is 29.5 Å². The van der Waals surface area contributed by atoms with Crippen molar-refractivity contribution in [3.63, 3.8) is 0 Å². The third-order valence-electron chi connectivity index (χ3n) is 6.83. The molecular formula is C31H34ClF3N6O7S2. The molecule has 2 aromatic heterocycles. The van der Waals surface area contributed by atoms with Crippen molar-refractivity contribution in [2.75, 3.05) is 51.1 Å². The van der Waals surface area contributed by atoms with Gasteiger partial charge in [0.15, 0.2) is 5.65 Å². The summed E-state index contributed by atoms with van der Waals surface area (Å²) in [5.74, 6) is 5.37. The number of hydrogen-bond acceptors (Lipinski definition) is 9. The summed E-state index contributed by atoms with van der Waals surface area (Å²) in [4.78, 5) is 21.4. The summed E-state index contributed by atoms with van der Waals surface area (Å²) in [6.07, 6.45) is -1.54. The minimum atomic E-state index is -4.56. The summed E-state index contributed by atoms with van der Waals surface area (Å²) in [5.41, 5.74) is 2.17. The van der Waals surface area contributed by atoms with Crippen LogP contribution in [0, 0.1) is 18.8 Å². The molecule has 4 N–H and O–H groups in total. The lowest BCUT2D eigenvalue weighted by Gasteiger charge is -2.33. The summed E-state index contributed by atoms with van der Waals surface area (Å²) < 4.78 is 93.5. The molecule has 0 atom stereocenters. The summed E-state index contributed by atoms with van der Waals surface area (Å²) in [6.45, 7) is 5.08. The minimum Gasteiger partial charge on any atom is -0.322 e. The SMILES string of the molecule is CS(=O)(=O)O.CS(=O)(=O)O.Cc1[nH]nc2ncc(C#Cc3cc(C(=O)Nc4ccc(CN5CCN(C)CC5)c(C(F)(F)F)c4)ccc3Cl)cc12. The molecule has 1 aliphatic heterocycles. The summed E-state index contributed by atoms with van der Waals surface area (Å²) in [6, 6.07) is 10.3. The molecule has 19 heteroatoms. The normalized spacial score (nSPS) is 14.0. The van der Waals surface area contributed by atoms with Gasteiger partial charge in [-0.2, -0.15) is 35.1 Å². The standard InChI is InChI=1S/C29H26ClF3N6O.2CH4O3S/c1-18-24-13-19(16-34-27(24)37-36-18)3-4-20-14-21(6-8-26(20)30)28(40)35-23-7-5-22(25(15-23)29(31,32)33)17-39-11-9-38(2)10-12-39;2*1-5(2,3)4/h5-8,13-16H,9-12,17H2,1-2H3,(H,35,40)(H,34,36,37);2*1H3,(H,2,3,4). The Bertz CT molecular complexity index is 2080. The van der Waals surface area contributed by atoms with E-state index in [-0.39, 0.29) is 23.4 Å². The summed E-state index contributed by atoms with van der Waals surface area (Å²) >= 11 is 6.31. The average Bonchev–Trinajstić information content (AvgIpc) is 3.36. The average molecular weight is 759 g/mol. The van der Waals surface area contributed by atoms with Crippen molar-refractivity contribution in [2.45, 2.75) is 19.6 Å². The van der Waals surface area contributed by atoms with E-state index >= 15 is 0 Å². The van der Waals surface area contributed by atoms with Gasteiger partial charge in [-0.25, -0.2) is 4.98 Å². The molecular weight excluding hydrogens is 725 g/mol. The van der Waals surface area contributed by atoms with Crippen LogP contribution >= 0.6 is 11.6 Å². The monoisotopic (exact) mass is 758 g/mol. The van der Waals surface area contributed by atoms with Crippen LogP contribution in [-0.2, 0) is 33.0 Å². The quantitative estimate of drug-likeness (QED) is 0.171. The Morgan fingerprint density at radius 1 is 1.00 bits per heavy atom. The minimum absolute atomic E-state index is 0.0527. The predicted octanol–water partition coefficient (Wildman–Crippen LogP) is 4.35. The molecule has 0 bridgehead atoms. The van der Waals surface area contributed by atoms with Crippen LogP contribution in [0.3, 0.4) is 0 Å². The van der Waals surface area contributed by atoms with Crippen LogP contribution in [0.25, 0.3) is 11.0 Å². The molecule has 5 rings (SSSR count). The molecule has 13 nitrogen and oxygen atoms in total. The molecule has 0 saturated carbocycles. The van der Waals surface area contributed by atoms with Gasteiger partial charge in [0.25, 0.3) is 26.1 Å². The van der Waals surface area contributed by atoms with Gasteiger partial charge in [-0.3, -0.25) is 23.9 Å². The zero-order valence-electron chi connectivity index (χ0n) is 27.2. The van der Waals surface area contributed by atoms with Gasteiger partial charge in [0.1, 0.15) is 0 Å². The molecule has 0 spiro atoms. The van der Waals surface area contributed by atoms with E-state index in [2.05, 4.69) is 37.2 Å². The Balaban J connectivity index is 0.000000595. The number of piperazine rings is 1. The molecule has 3 heterocycles. The van der Waals surface area contributed by atoms with E-state index in [4.69, 9.17) is 20.7 Å². The van der Waals surface area contributed by atoms with Crippen molar-refractivity contribution in [1.82, 2.24) is 25.0 Å². The van der Waals surface area contributed by atoms with Crippen molar-refractivity contribution in [3.8, 4) is 11.8 Å². The summed E-state index contributed by atoms with van der Waals surface area (Å²) in [7, 11) is -5.34. The second-order valence-corrected chi connectivity index (χ2v) is 14.6. The number of amides is 1. The topological polar surface area (TPSA) is 186 Å². The summed E-state index contributed by atoms with van der Waals surface area (Å²) in [5, 5.41) is 10.7. The third kappa shape index (κ3) is 13.7. The van der Waals surface area contributed by atoms with E-state index < -0.39 is 37.9 Å². The number of aromatic amines is 1. The number of aryl methyl sites for hydroxylation is 1. The third-order valence-corrected chi connectivity index (χ3v) is 7.16. The fraction of sp³-hybridized carbons (Fsp3) is 0.323. The number of aromatic nitrogens is 3. The number of pyridine rings is 1. The van der Waals surface area contributed by atoms with Crippen LogP contribution in [0.5, 0.6) is 0 Å². The highest BCUT2D eigenvalue weighted by Crippen LogP contribution is 2.35. The highest BCUT2D eigenvalue weighted by atomic mass is 35.5. The first kappa shape index (κ1) is 40.3.